The second kappa shape index (κ2) is 5.09. The van der Waals surface area contributed by atoms with Crippen molar-refractivity contribution in [3.63, 3.8) is 0 Å². The van der Waals surface area contributed by atoms with Crippen LogP contribution in [0.15, 0.2) is 0 Å². The molecule has 0 aromatic carbocycles. The van der Waals surface area contributed by atoms with Crippen molar-refractivity contribution in [3.05, 3.63) is 0 Å². The molecule has 0 aliphatic heterocycles. The molecule has 0 aliphatic carbocycles. The zero-order valence-corrected chi connectivity index (χ0v) is 6.53. The van der Waals surface area contributed by atoms with Crippen molar-refractivity contribution in [1.29, 1.82) is 0 Å². The van der Waals surface area contributed by atoms with Crippen LogP contribution in [0.5, 0.6) is 0 Å². The van der Waals surface area contributed by atoms with Gasteiger partial charge in [-0.2, -0.15) is 0 Å². The van der Waals surface area contributed by atoms with Crippen molar-refractivity contribution < 1.29 is 20.1 Å². The van der Waals surface area contributed by atoms with E-state index in [0.29, 0.717) is 6.42 Å². The highest BCUT2D eigenvalue weighted by molar-refractivity contribution is 5.70. The third kappa shape index (κ3) is 2.86. The van der Waals surface area contributed by atoms with E-state index >= 15 is 0 Å². The summed E-state index contributed by atoms with van der Waals surface area (Å²) in [5.41, 5.74) is 0. The Morgan fingerprint density at radius 3 is 2.00 bits per heavy atom. The van der Waals surface area contributed by atoms with Crippen molar-refractivity contribution in [2.24, 2.45) is 11.8 Å². The number of hydrogen-bond donors (Lipinski definition) is 3. The van der Waals surface area contributed by atoms with Crippen molar-refractivity contribution in [3.8, 4) is 0 Å². The van der Waals surface area contributed by atoms with Gasteiger partial charge < -0.3 is 15.3 Å². The Bertz CT molecular complexity index is 120. The summed E-state index contributed by atoms with van der Waals surface area (Å²) in [4.78, 5) is 10.4. The molecule has 4 heteroatoms. The Hall–Kier alpha value is -0.610. The Labute approximate surface area is 65.5 Å². The maximum atomic E-state index is 10.4. The van der Waals surface area contributed by atoms with E-state index in [4.69, 9.17) is 15.3 Å². The van der Waals surface area contributed by atoms with Gasteiger partial charge in [0.15, 0.2) is 0 Å². The number of aliphatic carboxylic acids is 1. The monoisotopic (exact) mass is 162 g/mol. The topological polar surface area (TPSA) is 77.8 Å². The minimum absolute atomic E-state index is 0.186. The lowest BCUT2D eigenvalue weighted by atomic mass is 9.92. The van der Waals surface area contributed by atoms with Crippen LogP contribution in [-0.4, -0.2) is 34.5 Å². The van der Waals surface area contributed by atoms with Crippen LogP contribution in [0.3, 0.4) is 0 Å². The van der Waals surface area contributed by atoms with E-state index in [2.05, 4.69) is 0 Å². The maximum absolute atomic E-state index is 10.4. The van der Waals surface area contributed by atoms with Gasteiger partial charge in [0.05, 0.1) is 12.5 Å². The van der Waals surface area contributed by atoms with Crippen LogP contribution in [0.25, 0.3) is 0 Å². The first-order valence-corrected chi connectivity index (χ1v) is 3.61. The summed E-state index contributed by atoms with van der Waals surface area (Å²) < 4.78 is 0. The van der Waals surface area contributed by atoms with Gasteiger partial charge in [-0.05, 0) is 5.92 Å². The predicted molar refractivity (Wildman–Crippen MR) is 39.1 cm³/mol. The van der Waals surface area contributed by atoms with E-state index in [9.17, 15) is 4.79 Å². The molecule has 2 unspecified atom stereocenters. The van der Waals surface area contributed by atoms with Crippen LogP contribution in [0.1, 0.15) is 13.3 Å². The molecule has 11 heavy (non-hydrogen) atoms. The van der Waals surface area contributed by atoms with Gasteiger partial charge in [0.2, 0.25) is 0 Å². The molecule has 3 N–H and O–H groups in total. The Kier molecular flexibility index (Phi) is 4.81. The summed E-state index contributed by atoms with van der Waals surface area (Å²) in [6.45, 7) is 1.19. The van der Waals surface area contributed by atoms with Gasteiger partial charge in [0.25, 0.3) is 0 Å². The number of carboxylic acids is 1. The van der Waals surface area contributed by atoms with Crippen LogP contribution >= 0.6 is 0 Å². The quantitative estimate of drug-likeness (QED) is 0.518. The lowest BCUT2D eigenvalue weighted by Crippen LogP contribution is -2.28. The molecule has 0 bridgehead atoms. The smallest absolute Gasteiger partial charge is 0.309 e. The number of aliphatic hydroxyl groups excluding tert-OH is 2. The Balaban J connectivity index is 4.09. The Morgan fingerprint density at radius 2 is 1.91 bits per heavy atom. The first kappa shape index (κ1) is 10.4. The molecular formula is C7H14O4. The van der Waals surface area contributed by atoms with Gasteiger partial charge >= 0.3 is 5.97 Å². The number of hydrogen-bond acceptors (Lipinski definition) is 3. The molecule has 4 nitrogen and oxygen atoms in total. The summed E-state index contributed by atoms with van der Waals surface area (Å²) in [6, 6.07) is 0. The fourth-order valence-corrected chi connectivity index (χ4v) is 0.970. The summed E-state index contributed by atoms with van der Waals surface area (Å²) in [5, 5.41) is 25.9. The average Bonchev–Trinajstić information content (AvgIpc) is 1.99. The molecule has 0 aromatic heterocycles. The molecule has 2 atom stereocenters. The van der Waals surface area contributed by atoms with Crippen molar-refractivity contribution in [1.82, 2.24) is 0 Å². The fraction of sp³-hybridized carbons (Fsp3) is 0.857. The number of rotatable bonds is 5. The zero-order chi connectivity index (χ0) is 8.85. The minimum Gasteiger partial charge on any atom is -0.481 e. The average molecular weight is 162 g/mol. The molecule has 0 radical (unpaired) electrons. The third-order valence-electron chi connectivity index (χ3n) is 1.84. The van der Waals surface area contributed by atoms with Crippen LogP contribution in [-0.2, 0) is 4.79 Å². The first-order chi connectivity index (χ1) is 5.17. The zero-order valence-electron chi connectivity index (χ0n) is 6.53. The van der Waals surface area contributed by atoms with Gasteiger partial charge in [-0.3, -0.25) is 4.79 Å². The second-order valence-electron chi connectivity index (χ2n) is 2.48. The third-order valence-corrected chi connectivity index (χ3v) is 1.84. The van der Waals surface area contributed by atoms with Crippen LogP contribution in [0, 0.1) is 11.8 Å². The van der Waals surface area contributed by atoms with Crippen molar-refractivity contribution in [2.45, 2.75) is 13.3 Å². The first-order valence-electron chi connectivity index (χ1n) is 3.61. The molecule has 66 valence electrons. The molecule has 0 amide bonds. The number of aliphatic hydroxyl groups is 2. The van der Waals surface area contributed by atoms with E-state index in [0.717, 1.165) is 0 Å². The largest absolute Gasteiger partial charge is 0.481 e. The number of carbonyl (C=O) groups is 1. The van der Waals surface area contributed by atoms with Gasteiger partial charge in [0, 0.05) is 6.61 Å². The molecule has 0 spiro atoms. The standard InChI is InChI=1S/C7H14O4/c1-2-5(3-8)6(4-9)7(10)11/h5-6,8-9H,2-4H2,1H3,(H,10,11). The SMILES string of the molecule is CCC(CO)C(CO)C(=O)O. The molecule has 0 aromatic rings. The highest BCUT2D eigenvalue weighted by atomic mass is 16.4. The molecule has 0 saturated heterocycles. The van der Waals surface area contributed by atoms with E-state index in [1.54, 1.807) is 6.92 Å². The normalized spacial score (nSPS) is 15.9. The molecular weight excluding hydrogens is 148 g/mol. The van der Waals surface area contributed by atoms with Gasteiger partial charge in [0.1, 0.15) is 0 Å². The Morgan fingerprint density at radius 1 is 1.36 bits per heavy atom. The summed E-state index contributed by atoms with van der Waals surface area (Å²) in [5.74, 6) is -2.21. The van der Waals surface area contributed by atoms with Gasteiger partial charge in [-0.1, -0.05) is 13.3 Å². The highest BCUT2D eigenvalue weighted by Crippen LogP contribution is 2.14. The van der Waals surface area contributed by atoms with Gasteiger partial charge in [-0.25, -0.2) is 0 Å². The highest BCUT2D eigenvalue weighted by Gasteiger charge is 2.25. The summed E-state index contributed by atoms with van der Waals surface area (Å²) >= 11 is 0. The molecule has 0 saturated carbocycles. The minimum atomic E-state index is -1.05. The second-order valence-corrected chi connectivity index (χ2v) is 2.48. The van der Waals surface area contributed by atoms with Crippen LogP contribution < -0.4 is 0 Å². The van der Waals surface area contributed by atoms with Crippen LogP contribution in [0.4, 0.5) is 0 Å². The molecule has 0 rings (SSSR count). The fourth-order valence-electron chi connectivity index (χ4n) is 0.970. The van der Waals surface area contributed by atoms with Crippen molar-refractivity contribution >= 4 is 5.97 Å². The molecule has 0 fully saturated rings. The lowest BCUT2D eigenvalue weighted by molar-refractivity contribution is -0.146. The summed E-state index contributed by atoms with van der Waals surface area (Å²) in [6.07, 6.45) is 0.564. The molecule has 0 heterocycles. The van der Waals surface area contributed by atoms with Crippen molar-refractivity contribution in [2.75, 3.05) is 13.2 Å². The van der Waals surface area contributed by atoms with Gasteiger partial charge in [-0.15, -0.1) is 0 Å². The number of carboxylic acid groups (broad SMARTS) is 1. The lowest BCUT2D eigenvalue weighted by Gasteiger charge is -2.17. The summed E-state index contributed by atoms with van der Waals surface area (Å²) in [7, 11) is 0. The van der Waals surface area contributed by atoms with E-state index < -0.39 is 18.5 Å². The molecule has 0 aliphatic rings. The van der Waals surface area contributed by atoms with E-state index in [1.807, 2.05) is 0 Å². The predicted octanol–water partition coefficient (Wildman–Crippen LogP) is -0.302. The van der Waals surface area contributed by atoms with E-state index in [1.165, 1.54) is 0 Å². The van der Waals surface area contributed by atoms with E-state index in [-0.39, 0.29) is 12.5 Å². The van der Waals surface area contributed by atoms with Crippen LogP contribution in [0.2, 0.25) is 0 Å². The maximum Gasteiger partial charge on any atom is 0.309 e.